The van der Waals surface area contributed by atoms with Crippen molar-refractivity contribution in [1.29, 1.82) is 0 Å². The Labute approximate surface area is 183 Å². The van der Waals surface area contributed by atoms with Gasteiger partial charge in [0.1, 0.15) is 5.69 Å². The summed E-state index contributed by atoms with van der Waals surface area (Å²) in [6.45, 7) is -0.564. The predicted molar refractivity (Wildman–Crippen MR) is 116 cm³/mol. The number of amides is 3. The summed E-state index contributed by atoms with van der Waals surface area (Å²) in [4.78, 5) is 37.6. The molecule has 3 aromatic rings. The number of para-hydroxylation sites is 1. The van der Waals surface area contributed by atoms with E-state index in [0.29, 0.717) is 11.4 Å². The molecule has 160 valence electrons. The summed E-state index contributed by atoms with van der Waals surface area (Å²) >= 11 is 1.51. The molecule has 31 heavy (non-hydrogen) atoms. The van der Waals surface area contributed by atoms with Gasteiger partial charge in [-0.3, -0.25) is 10.1 Å². The molecular weight excluding hydrogens is 416 g/mol. The van der Waals surface area contributed by atoms with Gasteiger partial charge in [0, 0.05) is 12.1 Å². The van der Waals surface area contributed by atoms with Gasteiger partial charge in [-0.25, -0.2) is 14.3 Å². The van der Waals surface area contributed by atoms with E-state index in [2.05, 4.69) is 15.7 Å². The lowest BCUT2D eigenvalue weighted by atomic mass is 10.2. The first-order valence-electron chi connectivity index (χ1n) is 10.1. The summed E-state index contributed by atoms with van der Waals surface area (Å²) < 4.78 is 6.65. The van der Waals surface area contributed by atoms with Gasteiger partial charge in [0.2, 0.25) is 0 Å². The third-order valence-electron chi connectivity index (χ3n) is 4.97. The van der Waals surface area contributed by atoms with Crippen molar-refractivity contribution in [3.8, 4) is 16.3 Å². The smallest absolute Gasteiger partial charge is 0.357 e. The molecule has 3 amide bonds. The number of nitrogens with one attached hydrogen (secondary N) is 2. The first-order chi connectivity index (χ1) is 15.1. The van der Waals surface area contributed by atoms with E-state index in [9.17, 15) is 14.4 Å². The highest BCUT2D eigenvalue weighted by Crippen LogP contribution is 2.26. The summed E-state index contributed by atoms with van der Waals surface area (Å²) in [5, 5.41) is 11.4. The number of nitrogens with zero attached hydrogens (tertiary/aromatic N) is 2. The molecule has 1 aliphatic rings. The van der Waals surface area contributed by atoms with Crippen molar-refractivity contribution in [1.82, 2.24) is 20.4 Å². The fourth-order valence-corrected chi connectivity index (χ4v) is 4.18. The number of esters is 1. The van der Waals surface area contributed by atoms with Gasteiger partial charge in [0.25, 0.3) is 5.91 Å². The SMILES string of the molecule is O=C(COC(=O)c1cc(-c2cccs2)nn1-c1ccccc1)NC(=O)NC1CCCC1. The molecule has 4 rings (SSSR count). The van der Waals surface area contributed by atoms with Gasteiger partial charge in [0.15, 0.2) is 12.3 Å². The van der Waals surface area contributed by atoms with Crippen molar-refractivity contribution in [3.05, 3.63) is 59.6 Å². The zero-order valence-electron chi connectivity index (χ0n) is 16.7. The van der Waals surface area contributed by atoms with E-state index in [4.69, 9.17) is 4.74 Å². The molecule has 2 aromatic heterocycles. The van der Waals surface area contributed by atoms with E-state index in [1.54, 1.807) is 6.07 Å². The summed E-state index contributed by atoms with van der Waals surface area (Å²) in [5.41, 5.74) is 1.52. The van der Waals surface area contributed by atoms with E-state index < -0.39 is 24.5 Å². The Morgan fingerprint density at radius 2 is 1.87 bits per heavy atom. The quantitative estimate of drug-likeness (QED) is 0.573. The minimum Gasteiger partial charge on any atom is -0.451 e. The fourth-order valence-electron chi connectivity index (χ4n) is 3.50. The molecule has 0 bridgehead atoms. The van der Waals surface area contributed by atoms with E-state index in [1.807, 2.05) is 47.8 Å². The topological polar surface area (TPSA) is 102 Å². The molecule has 1 aliphatic carbocycles. The molecule has 0 saturated heterocycles. The number of urea groups is 1. The number of carbonyl (C=O) groups is 3. The van der Waals surface area contributed by atoms with Gasteiger partial charge in [-0.2, -0.15) is 5.10 Å². The molecule has 1 saturated carbocycles. The number of rotatable bonds is 6. The van der Waals surface area contributed by atoms with Gasteiger partial charge in [-0.05, 0) is 36.4 Å². The molecule has 1 aromatic carbocycles. The van der Waals surface area contributed by atoms with Crippen LogP contribution in [0.4, 0.5) is 4.79 Å². The minimum atomic E-state index is -0.703. The Bertz CT molecular complexity index is 1060. The van der Waals surface area contributed by atoms with Crippen LogP contribution in [0.2, 0.25) is 0 Å². The lowest BCUT2D eigenvalue weighted by molar-refractivity contribution is -0.123. The van der Waals surface area contributed by atoms with Gasteiger partial charge in [0.05, 0.1) is 10.6 Å². The van der Waals surface area contributed by atoms with Crippen LogP contribution in [-0.2, 0) is 9.53 Å². The highest BCUT2D eigenvalue weighted by Gasteiger charge is 2.22. The Morgan fingerprint density at radius 3 is 2.58 bits per heavy atom. The second-order valence-corrected chi connectivity index (χ2v) is 8.17. The highest BCUT2D eigenvalue weighted by atomic mass is 32.1. The van der Waals surface area contributed by atoms with E-state index in [-0.39, 0.29) is 11.7 Å². The molecule has 0 atom stereocenters. The summed E-state index contributed by atoms with van der Waals surface area (Å²) in [6, 6.07) is 14.2. The van der Waals surface area contributed by atoms with Gasteiger partial charge in [-0.15, -0.1) is 11.3 Å². The van der Waals surface area contributed by atoms with Crippen LogP contribution in [0.3, 0.4) is 0 Å². The van der Waals surface area contributed by atoms with Crippen LogP contribution in [-0.4, -0.2) is 40.3 Å². The monoisotopic (exact) mass is 438 g/mol. The minimum absolute atomic E-state index is 0.0891. The van der Waals surface area contributed by atoms with Crippen molar-refractivity contribution < 1.29 is 19.1 Å². The molecule has 9 heteroatoms. The molecule has 0 aliphatic heterocycles. The number of hydrogen-bond acceptors (Lipinski definition) is 6. The molecule has 0 unspecified atom stereocenters. The standard InChI is InChI=1S/C22H22N4O4S/c27-20(24-22(29)23-15-7-4-5-8-15)14-30-21(28)18-13-17(19-11-6-12-31-19)25-26(18)16-9-2-1-3-10-16/h1-3,6,9-13,15H,4-5,7-8,14H2,(H2,23,24,27,29). The summed E-state index contributed by atoms with van der Waals surface area (Å²) in [5.74, 6) is -1.39. The number of thiophene rings is 1. The number of benzene rings is 1. The molecule has 1 fully saturated rings. The third kappa shape index (κ3) is 5.18. The van der Waals surface area contributed by atoms with Gasteiger partial charge in [-0.1, -0.05) is 37.1 Å². The fraction of sp³-hybridized carbons (Fsp3) is 0.273. The number of imide groups is 1. The van der Waals surface area contributed by atoms with Crippen molar-refractivity contribution in [2.45, 2.75) is 31.7 Å². The maximum atomic E-state index is 12.7. The van der Waals surface area contributed by atoms with Crippen molar-refractivity contribution >= 4 is 29.2 Å². The number of ether oxygens (including phenoxy) is 1. The van der Waals surface area contributed by atoms with Crippen LogP contribution in [0.25, 0.3) is 16.3 Å². The van der Waals surface area contributed by atoms with Crippen molar-refractivity contribution in [3.63, 3.8) is 0 Å². The molecular formula is C22H22N4O4S. The predicted octanol–water partition coefficient (Wildman–Crippen LogP) is 3.53. The zero-order chi connectivity index (χ0) is 21.6. The Hall–Kier alpha value is -3.46. The third-order valence-corrected chi connectivity index (χ3v) is 5.86. The Morgan fingerprint density at radius 1 is 1.10 bits per heavy atom. The highest BCUT2D eigenvalue weighted by molar-refractivity contribution is 7.13. The number of hydrogen-bond donors (Lipinski definition) is 2. The van der Waals surface area contributed by atoms with Crippen LogP contribution >= 0.6 is 11.3 Å². The van der Waals surface area contributed by atoms with E-state index in [1.165, 1.54) is 16.0 Å². The van der Waals surface area contributed by atoms with Gasteiger partial charge >= 0.3 is 12.0 Å². The van der Waals surface area contributed by atoms with E-state index in [0.717, 1.165) is 30.6 Å². The van der Waals surface area contributed by atoms with Crippen LogP contribution in [0.5, 0.6) is 0 Å². The zero-order valence-corrected chi connectivity index (χ0v) is 17.6. The van der Waals surface area contributed by atoms with Crippen LogP contribution in [0.1, 0.15) is 36.2 Å². The second kappa shape index (κ2) is 9.57. The van der Waals surface area contributed by atoms with Crippen LogP contribution < -0.4 is 10.6 Å². The summed E-state index contributed by atoms with van der Waals surface area (Å²) in [7, 11) is 0. The van der Waals surface area contributed by atoms with E-state index >= 15 is 0 Å². The Balaban J connectivity index is 1.42. The number of aromatic nitrogens is 2. The second-order valence-electron chi connectivity index (χ2n) is 7.22. The maximum Gasteiger partial charge on any atom is 0.357 e. The van der Waals surface area contributed by atoms with Crippen molar-refractivity contribution in [2.24, 2.45) is 0 Å². The molecule has 2 heterocycles. The molecule has 2 N–H and O–H groups in total. The number of carbonyl (C=O) groups excluding carboxylic acids is 3. The molecule has 0 spiro atoms. The average Bonchev–Trinajstić information content (AvgIpc) is 3.53. The van der Waals surface area contributed by atoms with Crippen molar-refractivity contribution in [2.75, 3.05) is 6.61 Å². The first-order valence-corrected chi connectivity index (χ1v) is 10.9. The molecule has 8 nitrogen and oxygen atoms in total. The van der Waals surface area contributed by atoms with Crippen LogP contribution in [0.15, 0.2) is 53.9 Å². The largest absolute Gasteiger partial charge is 0.451 e. The lowest BCUT2D eigenvalue weighted by Crippen LogP contribution is -2.45. The van der Waals surface area contributed by atoms with Crippen LogP contribution in [0, 0.1) is 0 Å². The van der Waals surface area contributed by atoms with Gasteiger partial charge < -0.3 is 10.1 Å². The summed E-state index contributed by atoms with van der Waals surface area (Å²) in [6.07, 6.45) is 3.96. The average molecular weight is 439 g/mol. The lowest BCUT2D eigenvalue weighted by Gasteiger charge is -2.12. The first kappa shape index (κ1) is 20.8. The molecule has 0 radical (unpaired) electrons. The Kier molecular flexibility index (Phi) is 6.42. The maximum absolute atomic E-state index is 12.7. The normalized spacial score (nSPS) is 13.7.